The second-order valence-electron chi connectivity index (χ2n) is 28.5. The third-order valence-corrected chi connectivity index (χ3v) is 22.6. The van der Waals surface area contributed by atoms with Gasteiger partial charge in [0.05, 0.1) is 50.8 Å². The first-order valence-electron chi connectivity index (χ1n) is 31.4. The van der Waals surface area contributed by atoms with Gasteiger partial charge in [-0.15, -0.1) is 0 Å². The van der Waals surface area contributed by atoms with Crippen molar-refractivity contribution in [3.63, 3.8) is 0 Å². The average molecular weight is 1290 g/mol. The first kappa shape index (κ1) is 71.6. The number of fused-ring (bicyclic) bond motifs is 5. The molecule has 4 aliphatic carbocycles. The number of ketones is 1. The van der Waals surface area contributed by atoms with E-state index in [4.69, 9.17) is 47.4 Å². The molecule has 9 rings (SSSR count). The van der Waals surface area contributed by atoms with Gasteiger partial charge < -0.3 is 139 Å². The zero-order valence-corrected chi connectivity index (χ0v) is 51.7. The minimum Gasteiger partial charge on any atom is -0.394 e. The normalized spacial score (nSPS) is 51.0. The van der Waals surface area contributed by atoms with Gasteiger partial charge in [-0.05, 0) is 93.3 Å². The smallest absolute Gasteiger partial charge is 0.187 e. The molecule has 514 valence electrons. The summed E-state index contributed by atoms with van der Waals surface area (Å²) in [5, 5.41) is 192. The van der Waals surface area contributed by atoms with Crippen molar-refractivity contribution in [3.8, 4) is 0 Å². The predicted octanol–water partition coefficient (Wildman–Crippen LogP) is -5.20. The van der Waals surface area contributed by atoms with Crippen molar-refractivity contribution in [3.05, 3.63) is 11.6 Å². The number of carbonyl (C=O) groups excluding carboxylic acids is 1. The lowest BCUT2D eigenvalue weighted by Crippen LogP contribution is -2.65. The van der Waals surface area contributed by atoms with Crippen molar-refractivity contribution in [2.45, 2.75) is 278 Å². The minimum atomic E-state index is -1.97. The summed E-state index contributed by atoms with van der Waals surface area (Å²) in [5.41, 5.74) is -2.96. The number of ether oxygens (including phenoxy) is 10. The summed E-state index contributed by atoms with van der Waals surface area (Å²) in [4.78, 5) is 15.4. The fourth-order valence-corrected chi connectivity index (χ4v) is 16.8. The molecule has 3 unspecified atom stereocenters. The third kappa shape index (κ3) is 12.9. The van der Waals surface area contributed by atoms with Crippen LogP contribution in [0.25, 0.3) is 0 Å². The SMILES string of the molecule is C[C@H](CC[C@@H](O[C@@H]1O[C@H](CO[C@@H]2O[C@H](CO)[C@@H](O)[C@H](O)[C@H]2O)[C@@H](O)[C@H](O)[C@H]1O[C@H]1O[C@@H](CO)[C@H](O)[C@@H](O)[C@@H]1O)C(C)(C)O)C1CC[C@@]2(C)C3CC=C4C(CC[C@H](O[C@@H]5O[C@H](CO)[C@@H](O[C@@H]6O[C@H](CO)[C@@H](O)[C@H](O)[C@H]6O)[C@H](O)[C@H]5O)C4(C)C)[C@]3(C)C(=O)C[C@]12C. The predicted molar refractivity (Wildman–Crippen MR) is 299 cm³/mol. The molecule has 18 N–H and O–H groups in total. The van der Waals surface area contributed by atoms with Crippen LogP contribution in [0.1, 0.15) is 107 Å². The van der Waals surface area contributed by atoms with E-state index in [1.165, 1.54) is 13.8 Å². The van der Waals surface area contributed by atoms with Gasteiger partial charge in [0.1, 0.15) is 128 Å². The lowest BCUT2D eigenvalue weighted by molar-refractivity contribution is -0.380. The van der Waals surface area contributed by atoms with E-state index in [9.17, 15) is 91.9 Å². The summed E-state index contributed by atoms with van der Waals surface area (Å²) in [5.74, 6) is -0.178. The number of hydrogen-bond acceptors (Lipinski definition) is 29. The van der Waals surface area contributed by atoms with Crippen LogP contribution in [0.15, 0.2) is 11.6 Å². The van der Waals surface area contributed by atoms with E-state index in [0.717, 1.165) is 18.4 Å². The molecule has 5 heterocycles. The van der Waals surface area contributed by atoms with Gasteiger partial charge in [-0.2, -0.15) is 0 Å². The van der Waals surface area contributed by atoms with Crippen LogP contribution in [0.4, 0.5) is 0 Å². The van der Waals surface area contributed by atoms with E-state index < -0.39 is 221 Å². The lowest BCUT2D eigenvalue weighted by atomic mass is 9.38. The van der Waals surface area contributed by atoms with E-state index in [1.54, 1.807) is 0 Å². The van der Waals surface area contributed by atoms with Gasteiger partial charge >= 0.3 is 0 Å². The maximum Gasteiger partial charge on any atom is 0.187 e. The van der Waals surface area contributed by atoms with Crippen molar-refractivity contribution in [2.24, 2.45) is 45.3 Å². The van der Waals surface area contributed by atoms with Gasteiger partial charge in [0, 0.05) is 17.3 Å². The fourth-order valence-electron chi connectivity index (χ4n) is 16.8. The maximum absolute atomic E-state index is 15.4. The van der Waals surface area contributed by atoms with Crippen LogP contribution < -0.4 is 0 Å². The number of carbonyl (C=O) groups is 1. The molecular formula is C60H100O29. The number of allylic oxidation sites excluding steroid dienone is 1. The van der Waals surface area contributed by atoms with Gasteiger partial charge in [0.2, 0.25) is 0 Å². The Morgan fingerprint density at radius 2 is 1.00 bits per heavy atom. The highest BCUT2D eigenvalue weighted by atomic mass is 16.8. The first-order valence-corrected chi connectivity index (χ1v) is 31.4. The summed E-state index contributed by atoms with van der Waals surface area (Å²) in [7, 11) is 0. The standard InChI is InChI=1S/C60H100O29/c1-23(9-13-35(57(4,5)79)87-55-50(89-54-47(77)42(72)38(68)29(20-63)83-54)43(73)39(69)31(85-55)22-80-51-45(75)40(70)36(66)27(18-61)81-51)24-15-16-58(6)32-12-10-25-26(60(32,8)33(65)17-59(24,58)7)11-14-34(56(25,2)3)86-52-48(78)44(74)49(30(21-64)84-52)88-53-46(76)41(71)37(67)28(19-62)82-53/h10,23-24,26-32,34-55,61-64,66-79H,9,11-22H2,1-8H3/t23-,24?,26?,27-,28-,29+,30-,31-,32?,34+,35-,36-,37-,38+,39-,40+,41+,42-,43+,44-,45-,46-,47+,48-,49-,50-,51-,52+,53+,54-,55+,58+,59-,60+/m1/s1. The Morgan fingerprint density at radius 3 is 1.54 bits per heavy atom. The highest BCUT2D eigenvalue weighted by Gasteiger charge is 2.71. The molecule has 0 amide bonds. The molecule has 0 spiro atoms. The molecule has 29 nitrogen and oxygen atoms in total. The van der Waals surface area contributed by atoms with Crippen molar-refractivity contribution >= 4 is 5.78 Å². The second-order valence-corrected chi connectivity index (χ2v) is 28.5. The molecule has 9 aliphatic rings. The highest BCUT2D eigenvalue weighted by Crippen LogP contribution is 2.74. The van der Waals surface area contributed by atoms with E-state index >= 15 is 4.79 Å². The van der Waals surface area contributed by atoms with Crippen molar-refractivity contribution in [2.75, 3.05) is 33.0 Å². The molecule has 5 saturated heterocycles. The Morgan fingerprint density at radius 1 is 0.539 bits per heavy atom. The van der Waals surface area contributed by atoms with Crippen LogP contribution in [-0.2, 0) is 52.2 Å². The van der Waals surface area contributed by atoms with Crippen molar-refractivity contribution < 1.29 is 144 Å². The van der Waals surface area contributed by atoms with E-state index in [1.807, 2.05) is 13.8 Å². The lowest BCUT2D eigenvalue weighted by Gasteiger charge is -2.65. The molecular weight excluding hydrogens is 1180 g/mol. The summed E-state index contributed by atoms with van der Waals surface area (Å²) < 4.78 is 59.4. The first-order chi connectivity index (χ1) is 41.7. The Kier molecular flexibility index (Phi) is 22.1. The van der Waals surface area contributed by atoms with Crippen LogP contribution in [0.3, 0.4) is 0 Å². The molecule has 0 aromatic carbocycles. The summed E-state index contributed by atoms with van der Waals surface area (Å²) >= 11 is 0. The molecule has 3 saturated carbocycles. The quantitative estimate of drug-likeness (QED) is 0.0507. The van der Waals surface area contributed by atoms with Gasteiger partial charge in [-0.3, -0.25) is 4.79 Å². The fraction of sp³-hybridized carbons (Fsp3) is 0.950. The molecule has 0 radical (unpaired) electrons. The number of hydrogen-bond donors (Lipinski definition) is 18. The monoisotopic (exact) mass is 1280 g/mol. The topological polar surface area (TPSA) is 474 Å². The van der Waals surface area contributed by atoms with E-state index in [0.29, 0.717) is 25.7 Å². The van der Waals surface area contributed by atoms with Crippen molar-refractivity contribution in [1.29, 1.82) is 0 Å². The Hall–Kier alpha value is -1.71. The number of rotatable bonds is 20. The summed E-state index contributed by atoms with van der Waals surface area (Å²) in [6.45, 7) is 12.0. The highest BCUT2D eigenvalue weighted by molar-refractivity contribution is 5.88. The maximum atomic E-state index is 15.4. The molecule has 89 heavy (non-hydrogen) atoms. The molecule has 0 aromatic rings. The Balaban J connectivity index is 0.885. The minimum absolute atomic E-state index is 0.00532. The van der Waals surface area contributed by atoms with Crippen molar-refractivity contribution in [1.82, 2.24) is 0 Å². The zero-order chi connectivity index (χ0) is 65.5. The molecule has 29 heteroatoms. The van der Waals surface area contributed by atoms with Crippen LogP contribution in [0.5, 0.6) is 0 Å². The second kappa shape index (κ2) is 27.4. The van der Waals surface area contributed by atoms with Gasteiger partial charge in [0.25, 0.3) is 0 Å². The van der Waals surface area contributed by atoms with Crippen LogP contribution in [0.2, 0.25) is 0 Å². The molecule has 8 fully saturated rings. The van der Waals surface area contributed by atoms with E-state index in [-0.39, 0.29) is 47.7 Å². The van der Waals surface area contributed by atoms with Gasteiger partial charge in [-0.1, -0.05) is 53.2 Å². The number of aliphatic hydroxyl groups excluding tert-OH is 17. The average Bonchev–Trinajstić information content (AvgIpc) is 1.66. The molecule has 0 bridgehead atoms. The van der Waals surface area contributed by atoms with Gasteiger partial charge in [0.15, 0.2) is 31.5 Å². The zero-order valence-electron chi connectivity index (χ0n) is 51.7. The summed E-state index contributed by atoms with van der Waals surface area (Å²) in [6.07, 6.45) is -37.7. The van der Waals surface area contributed by atoms with Crippen LogP contribution in [0, 0.1) is 45.3 Å². The largest absolute Gasteiger partial charge is 0.394 e. The van der Waals surface area contributed by atoms with E-state index in [2.05, 4.69) is 33.8 Å². The Bertz CT molecular complexity index is 2390. The summed E-state index contributed by atoms with van der Waals surface area (Å²) in [6, 6.07) is 0. The number of Topliss-reactive ketones (excluding diaryl/α,β-unsaturated/α-hetero) is 1. The Labute approximate surface area is 516 Å². The van der Waals surface area contributed by atoms with Crippen LogP contribution in [-0.4, -0.2) is 302 Å². The molecule has 34 atom stereocenters. The number of aliphatic hydroxyl groups is 18. The van der Waals surface area contributed by atoms with Gasteiger partial charge in [-0.25, -0.2) is 0 Å². The molecule has 5 aliphatic heterocycles. The molecule has 0 aromatic heterocycles. The third-order valence-electron chi connectivity index (χ3n) is 22.6. The van der Waals surface area contributed by atoms with Crippen LogP contribution >= 0.6 is 0 Å².